The molecule has 0 aliphatic carbocycles. The summed E-state index contributed by atoms with van der Waals surface area (Å²) in [7, 11) is 0. The number of hydrogen-bond acceptors (Lipinski definition) is 4. The molecule has 106 valence electrons. The summed E-state index contributed by atoms with van der Waals surface area (Å²) in [4.78, 5) is 14.0. The molecule has 0 spiro atoms. The summed E-state index contributed by atoms with van der Waals surface area (Å²) in [5.74, 6) is -0.203. The van der Waals surface area contributed by atoms with Gasteiger partial charge in [-0.15, -0.1) is 0 Å². The van der Waals surface area contributed by atoms with Crippen LogP contribution in [0.3, 0.4) is 0 Å². The molecule has 3 nitrogen and oxygen atoms in total. The standard InChI is InChI=1S/C13H25NO2S2/c1-6-9-14(10-7-2)12(17)18-13(4,5)11(15)16-8-3/h6-10H2,1-5H3. The molecule has 0 aromatic rings. The number of nitrogens with zero attached hydrogens (tertiary/aromatic N) is 1. The minimum absolute atomic E-state index is 0.203. The maximum atomic E-state index is 11.8. The number of esters is 1. The molecule has 0 aliphatic rings. The number of ether oxygens (including phenoxy) is 1. The largest absolute Gasteiger partial charge is 0.465 e. The van der Waals surface area contributed by atoms with Crippen molar-refractivity contribution in [2.45, 2.75) is 52.2 Å². The maximum absolute atomic E-state index is 11.8. The van der Waals surface area contributed by atoms with Gasteiger partial charge < -0.3 is 9.64 Å². The van der Waals surface area contributed by atoms with Crippen molar-refractivity contribution in [3.05, 3.63) is 0 Å². The van der Waals surface area contributed by atoms with Crippen molar-refractivity contribution in [2.75, 3.05) is 19.7 Å². The Morgan fingerprint density at radius 3 is 2.11 bits per heavy atom. The molecule has 0 heterocycles. The minimum atomic E-state index is -0.618. The molecule has 0 radical (unpaired) electrons. The maximum Gasteiger partial charge on any atom is 0.322 e. The molecule has 0 amide bonds. The van der Waals surface area contributed by atoms with E-state index >= 15 is 0 Å². The molecule has 0 aromatic heterocycles. The molecule has 5 heteroatoms. The van der Waals surface area contributed by atoms with E-state index < -0.39 is 4.75 Å². The molecule has 0 bridgehead atoms. The average molecular weight is 291 g/mol. The number of thiocarbonyl (C=S) groups is 1. The first-order valence-electron chi connectivity index (χ1n) is 6.54. The van der Waals surface area contributed by atoms with Gasteiger partial charge in [-0.05, 0) is 33.6 Å². The van der Waals surface area contributed by atoms with Gasteiger partial charge in [0.05, 0.1) is 6.61 Å². The summed E-state index contributed by atoms with van der Waals surface area (Å²) < 4.78 is 5.24. The van der Waals surface area contributed by atoms with Gasteiger partial charge >= 0.3 is 5.97 Å². The fourth-order valence-electron chi connectivity index (χ4n) is 1.46. The van der Waals surface area contributed by atoms with E-state index in [2.05, 4.69) is 18.7 Å². The first kappa shape index (κ1) is 17.7. The molecular formula is C13H25NO2S2. The average Bonchev–Trinajstić information content (AvgIpc) is 2.28. The van der Waals surface area contributed by atoms with Gasteiger partial charge in [-0.2, -0.15) is 0 Å². The van der Waals surface area contributed by atoms with Crippen LogP contribution in [0.4, 0.5) is 0 Å². The SMILES string of the molecule is CCCN(CCC)C(=S)SC(C)(C)C(=O)OCC. The molecule has 0 N–H and O–H groups in total. The molecule has 0 saturated heterocycles. The van der Waals surface area contributed by atoms with Crippen LogP contribution in [0.25, 0.3) is 0 Å². The third-order valence-electron chi connectivity index (χ3n) is 2.35. The van der Waals surface area contributed by atoms with Crippen molar-refractivity contribution in [3.8, 4) is 0 Å². The lowest BCUT2D eigenvalue weighted by Gasteiger charge is -2.29. The molecule has 0 atom stereocenters. The fraction of sp³-hybridized carbons (Fsp3) is 0.846. The number of carbonyl (C=O) groups excluding carboxylic acids is 1. The van der Waals surface area contributed by atoms with Crippen LogP contribution in [0.1, 0.15) is 47.5 Å². The Morgan fingerprint density at radius 2 is 1.72 bits per heavy atom. The van der Waals surface area contributed by atoms with E-state index in [-0.39, 0.29) is 5.97 Å². The van der Waals surface area contributed by atoms with Crippen molar-refractivity contribution >= 4 is 34.3 Å². The molecule has 0 aliphatic heterocycles. The van der Waals surface area contributed by atoms with Gasteiger partial charge in [-0.1, -0.05) is 37.8 Å². The summed E-state index contributed by atoms with van der Waals surface area (Å²) in [6.45, 7) is 12.1. The van der Waals surface area contributed by atoms with Gasteiger partial charge in [0.2, 0.25) is 0 Å². The van der Waals surface area contributed by atoms with Crippen LogP contribution in [0.2, 0.25) is 0 Å². The van der Waals surface area contributed by atoms with Gasteiger partial charge in [0.1, 0.15) is 9.07 Å². The molecule has 0 aromatic carbocycles. The zero-order valence-electron chi connectivity index (χ0n) is 12.1. The smallest absolute Gasteiger partial charge is 0.322 e. The van der Waals surface area contributed by atoms with Crippen LogP contribution in [-0.4, -0.2) is 39.6 Å². The Balaban J connectivity index is 4.54. The first-order chi connectivity index (χ1) is 8.38. The summed E-state index contributed by atoms with van der Waals surface area (Å²) in [6.07, 6.45) is 2.11. The van der Waals surface area contributed by atoms with Crippen LogP contribution < -0.4 is 0 Å². The highest BCUT2D eigenvalue weighted by atomic mass is 32.2. The predicted molar refractivity (Wildman–Crippen MR) is 83.1 cm³/mol. The van der Waals surface area contributed by atoms with Crippen LogP contribution in [0.5, 0.6) is 0 Å². The third kappa shape index (κ3) is 6.05. The summed E-state index contributed by atoms with van der Waals surface area (Å²) >= 11 is 6.86. The second-order valence-electron chi connectivity index (χ2n) is 4.59. The van der Waals surface area contributed by atoms with Crippen molar-refractivity contribution in [1.82, 2.24) is 4.90 Å². The fourth-order valence-corrected chi connectivity index (χ4v) is 3.16. The zero-order chi connectivity index (χ0) is 14.2. The molecule has 0 unspecified atom stereocenters. The molecular weight excluding hydrogens is 266 g/mol. The lowest BCUT2D eigenvalue weighted by molar-refractivity contribution is -0.145. The van der Waals surface area contributed by atoms with Crippen molar-refractivity contribution < 1.29 is 9.53 Å². The number of hydrogen-bond donors (Lipinski definition) is 0. The van der Waals surface area contributed by atoms with Gasteiger partial charge in [0, 0.05) is 13.1 Å². The third-order valence-corrected chi connectivity index (χ3v) is 3.97. The first-order valence-corrected chi connectivity index (χ1v) is 7.76. The topological polar surface area (TPSA) is 29.5 Å². The van der Waals surface area contributed by atoms with Gasteiger partial charge in [-0.25, -0.2) is 0 Å². The van der Waals surface area contributed by atoms with Crippen molar-refractivity contribution in [1.29, 1.82) is 0 Å². The summed E-state index contributed by atoms with van der Waals surface area (Å²) in [5.41, 5.74) is 0. The molecule has 0 fully saturated rings. The second-order valence-corrected chi connectivity index (χ2v) is 6.84. The number of thioether (sulfide) groups is 1. The monoisotopic (exact) mass is 291 g/mol. The van der Waals surface area contributed by atoms with Crippen LogP contribution >= 0.6 is 24.0 Å². The summed E-state index contributed by atoms with van der Waals surface area (Å²) in [5, 5.41) is 0. The zero-order valence-corrected chi connectivity index (χ0v) is 13.7. The van der Waals surface area contributed by atoms with E-state index in [1.807, 2.05) is 20.8 Å². The predicted octanol–water partition coefficient (Wildman–Crippen LogP) is 3.47. The lowest BCUT2D eigenvalue weighted by atomic mass is 10.2. The quantitative estimate of drug-likeness (QED) is 0.529. The van der Waals surface area contributed by atoms with Crippen LogP contribution in [0.15, 0.2) is 0 Å². The van der Waals surface area contributed by atoms with Crippen LogP contribution in [-0.2, 0) is 9.53 Å². The van der Waals surface area contributed by atoms with Gasteiger partial charge in [0.15, 0.2) is 0 Å². The highest BCUT2D eigenvalue weighted by molar-refractivity contribution is 8.24. The molecule has 0 saturated carbocycles. The Labute approximate surface area is 121 Å². The summed E-state index contributed by atoms with van der Waals surface area (Å²) in [6, 6.07) is 0. The Hall–Kier alpha value is -0.290. The molecule has 0 rings (SSSR count). The molecule has 18 heavy (non-hydrogen) atoms. The van der Waals surface area contributed by atoms with E-state index in [0.29, 0.717) is 6.61 Å². The van der Waals surface area contributed by atoms with Crippen molar-refractivity contribution in [3.63, 3.8) is 0 Å². The van der Waals surface area contributed by atoms with Crippen molar-refractivity contribution in [2.24, 2.45) is 0 Å². The highest BCUT2D eigenvalue weighted by Crippen LogP contribution is 2.29. The number of rotatable bonds is 7. The van der Waals surface area contributed by atoms with E-state index in [1.165, 1.54) is 11.8 Å². The Kier molecular flexibility index (Phi) is 8.61. The van der Waals surface area contributed by atoms with E-state index in [9.17, 15) is 4.79 Å². The number of carbonyl (C=O) groups is 1. The lowest BCUT2D eigenvalue weighted by Crippen LogP contribution is -2.37. The van der Waals surface area contributed by atoms with Gasteiger partial charge in [0.25, 0.3) is 0 Å². The second kappa shape index (κ2) is 8.75. The Morgan fingerprint density at radius 1 is 1.22 bits per heavy atom. The Bertz CT molecular complexity index is 274. The van der Waals surface area contributed by atoms with Gasteiger partial charge in [-0.3, -0.25) is 4.79 Å². The van der Waals surface area contributed by atoms with Crippen LogP contribution in [0, 0.1) is 0 Å². The van der Waals surface area contributed by atoms with E-state index in [4.69, 9.17) is 17.0 Å². The minimum Gasteiger partial charge on any atom is -0.465 e. The van der Waals surface area contributed by atoms with E-state index in [0.717, 1.165) is 30.3 Å². The normalized spacial score (nSPS) is 11.2. The highest BCUT2D eigenvalue weighted by Gasteiger charge is 2.32. The van der Waals surface area contributed by atoms with E-state index in [1.54, 1.807) is 0 Å².